The van der Waals surface area contributed by atoms with Crippen LogP contribution in [-0.4, -0.2) is 51.4 Å². The molecule has 1 aliphatic rings. The van der Waals surface area contributed by atoms with Crippen LogP contribution in [-0.2, 0) is 14.8 Å². The molecule has 1 fully saturated rings. The molecular formula is C12H15F2N3O3S. The molecule has 1 unspecified atom stereocenters. The van der Waals surface area contributed by atoms with E-state index in [0.717, 1.165) is 16.4 Å². The molecule has 1 heterocycles. The van der Waals surface area contributed by atoms with Crippen molar-refractivity contribution in [2.75, 3.05) is 26.7 Å². The third-order valence-electron chi connectivity index (χ3n) is 3.22. The fourth-order valence-corrected chi connectivity index (χ4v) is 3.83. The molecular weight excluding hydrogens is 304 g/mol. The lowest BCUT2D eigenvalue weighted by Gasteiger charge is -2.33. The molecule has 2 rings (SSSR count). The van der Waals surface area contributed by atoms with Gasteiger partial charge in [-0.05, 0) is 18.2 Å². The summed E-state index contributed by atoms with van der Waals surface area (Å²) in [5, 5.41) is 5.26. The van der Waals surface area contributed by atoms with E-state index in [9.17, 15) is 22.0 Å². The Kier molecular flexibility index (Phi) is 4.55. The SMILES string of the molecule is CNC(=O)C1CNCCN1S(=O)(=O)c1cc(F)ccc1F. The van der Waals surface area contributed by atoms with E-state index in [0.29, 0.717) is 12.6 Å². The number of amides is 1. The van der Waals surface area contributed by atoms with Crippen molar-refractivity contribution in [2.45, 2.75) is 10.9 Å². The number of rotatable bonds is 3. The van der Waals surface area contributed by atoms with Crippen LogP contribution in [0.1, 0.15) is 0 Å². The number of benzene rings is 1. The van der Waals surface area contributed by atoms with Gasteiger partial charge in [0.2, 0.25) is 15.9 Å². The van der Waals surface area contributed by atoms with Gasteiger partial charge in [-0.2, -0.15) is 4.31 Å². The van der Waals surface area contributed by atoms with Gasteiger partial charge in [-0.3, -0.25) is 4.79 Å². The second-order valence-corrected chi connectivity index (χ2v) is 6.38. The number of carbonyl (C=O) groups is 1. The minimum absolute atomic E-state index is 0.00360. The van der Waals surface area contributed by atoms with Crippen LogP contribution < -0.4 is 10.6 Å². The summed E-state index contributed by atoms with van der Waals surface area (Å²) in [5.41, 5.74) is 0. The van der Waals surface area contributed by atoms with Gasteiger partial charge in [0.15, 0.2) is 0 Å². The monoisotopic (exact) mass is 319 g/mol. The zero-order valence-corrected chi connectivity index (χ0v) is 12.1. The highest BCUT2D eigenvalue weighted by atomic mass is 32.2. The Balaban J connectivity index is 2.45. The van der Waals surface area contributed by atoms with E-state index in [4.69, 9.17) is 0 Å². The van der Waals surface area contributed by atoms with E-state index in [1.165, 1.54) is 7.05 Å². The third-order valence-corrected chi connectivity index (χ3v) is 5.15. The number of nitrogens with one attached hydrogen (secondary N) is 2. The summed E-state index contributed by atoms with van der Waals surface area (Å²) >= 11 is 0. The van der Waals surface area contributed by atoms with E-state index in [1.807, 2.05) is 0 Å². The summed E-state index contributed by atoms with van der Waals surface area (Å²) in [6, 6.07) is 1.20. The lowest BCUT2D eigenvalue weighted by molar-refractivity contribution is -0.124. The van der Waals surface area contributed by atoms with Gasteiger partial charge in [0.05, 0.1) is 0 Å². The summed E-state index contributed by atoms with van der Waals surface area (Å²) in [4.78, 5) is 11.0. The molecule has 0 saturated carbocycles. The largest absolute Gasteiger partial charge is 0.358 e. The molecule has 2 N–H and O–H groups in total. The Hall–Kier alpha value is -1.58. The van der Waals surface area contributed by atoms with Gasteiger partial charge in [-0.15, -0.1) is 0 Å². The average Bonchev–Trinajstić information content (AvgIpc) is 2.48. The van der Waals surface area contributed by atoms with Crippen molar-refractivity contribution in [3.8, 4) is 0 Å². The lowest BCUT2D eigenvalue weighted by Crippen LogP contribution is -2.59. The minimum atomic E-state index is -4.30. The zero-order chi connectivity index (χ0) is 15.6. The number of nitrogens with zero attached hydrogens (tertiary/aromatic N) is 1. The van der Waals surface area contributed by atoms with Gasteiger partial charge in [0.1, 0.15) is 22.6 Å². The van der Waals surface area contributed by atoms with Crippen LogP contribution in [0, 0.1) is 11.6 Å². The Morgan fingerprint density at radius 2 is 2.14 bits per heavy atom. The van der Waals surface area contributed by atoms with Gasteiger partial charge in [0, 0.05) is 26.7 Å². The first-order valence-corrected chi connectivity index (χ1v) is 7.71. The molecule has 1 saturated heterocycles. The molecule has 0 spiro atoms. The molecule has 0 radical (unpaired) electrons. The summed E-state index contributed by atoms with van der Waals surface area (Å²) in [6.07, 6.45) is 0. The summed E-state index contributed by atoms with van der Waals surface area (Å²) in [7, 11) is -2.92. The third kappa shape index (κ3) is 3.04. The Bertz CT molecular complexity index is 651. The van der Waals surface area contributed by atoms with Crippen molar-refractivity contribution in [3.05, 3.63) is 29.8 Å². The fourth-order valence-electron chi connectivity index (χ4n) is 2.16. The van der Waals surface area contributed by atoms with Crippen LogP contribution in [0.5, 0.6) is 0 Å². The van der Waals surface area contributed by atoms with Crippen molar-refractivity contribution < 1.29 is 22.0 Å². The molecule has 116 valence electrons. The Morgan fingerprint density at radius 1 is 1.43 bits per heavy atom. The topological polar surface area (TPSA) is 78.5 Å². The van der Waals surface area contributed by atoms with Gasteiger partial charge >= 0.3 is 0 Å². The van der Waals surface area contributed by atoms with Crippen LogP contribution in [0.3, 0.4) is 0 Å². The summed E-state index contributed by atoms with van der Waals surface area (Å²) in [5.74, 6) is -2.42. The van der Waals surface area contributed by atoms with Crippen LogP contribution >= 0.6 is 0 Å². The predicted molar refractivity (Wildman–Crippen MR) is 71.0 cm³/mol. The maximum Gasteiger partial charge on any atom is 0.246 e. The second kappa shape index (κ2) is 6.04. The standard InChI is InChI=1S/C12H15F2N3O3S/c1-15-12(18)10-7-16-4-5-17(10)21(19,20)11-6-8(13)2-3-9(11)14/h2-3,6,10,16H,4-5,7H2,1H3,(H,15,18). The average molecular weight is 319 g/mol. The number of carbonyl (C=O) groups excluding carboxylic acids is 1. The molecule has 21 heavy (non-hydrogen) atoms. The fraction of sp³-hybridized carbons (Fsp3) is 0.417. The first kappa shape index (κ1) is 15.8. The zero-order valence-electron chi connectivity index (χ0n) is 11.3. The number of halogens is 2. The predicted octanol–water partition coefficient (Wildman–Crippen LogP) is -0.327. The molecule has 9 heteroatoms. The van der Waals surface area contributed by atoms with Gasteiger partial charge in [-0.25, -0.2) is 17.2 Å². The van der Waals surface area contributed by atoms with Gasteiger partial charge in [0.25, 0.3) is 0 Å². The van der Waals surface area contributed by atoms with Crippen molar-refractivity contribution >= 4 is 15.9 Å². The quantitative estimate of drug-likeness (QED) is 0.800. The molecule has 1 aromatic rings. The molecule has 6 nitrogen and oxygen atoms in total. The highest BCUT2D eigenvalue weighted by Crippen LogP contribution is 2.23. The molecule has 0 bridgehead atoms. The number of sulfonamides is 1. The van der Waals surface area contributed by atoms with Gasteiger partial charge in [-0.1, -0.05) is 0 Å². The summed E-state index contributed by atoms with van der Waals surface area (Å²) in [6.45, 7) is 0.426. The Labute approximate surface area is 121 Å². The van der Waals surface area contributed by atoms with Crippen molar-refractivity contribution in [1.29, 1.82) is 0 Å². The normalized spacial score (nSPS) is 20.2. The van der Waals surface area contributed by atoms with E-state index >= 15 is 0 Å². The van der Waals surface area contributed by atoms with Gasteiger partial charge < -0.3 is 10.6 Å². The van der Waals surface area contributed by atoms with Crippen LogP contribution in [0.15, 0.2) is 23.1 Å². The molecule has 1 atom stereocenters. The molecule has 0 aliphatic carbocycles. The minimum Gasteiger partial charge on any atom is -0.358 e. The lowest BCUT2D eigenvalue weighted by atomic mass is 10.2. The van der Waals surface area contributed by atoms with Crippen LogP contribution in [0.4, 0.5) is 8.78 Å². The van der Waals surface area contributed by atoms with E-state index < -0.39 is 38.5 Å². The maximum absolute atomic E-state index is 13.7. The molecule has 1 aliphatic heterocycles. The maximum atomic E-state index is 13.7. The first-order valence-electron chi connectivity index (χ1n) is 6.27. The van der Waals surface area contributed by atoms with E-state index in [-0.39, 0.29) is 13.1 Å². The van der Waals surface area contributed by atoms with Crippen LogP contribution in [0.2, 0.25) is 0 Å². The molecule has 1 aromatic carbocycles. The smallest absolute Gasteiger partial charge is 0.246 e. The number of hydrogen-bond acceptors (Lipinski definition) is 4. The highest BCUT2D eigenvalue weighted by Gasteiger charge is 2.38. The Morgan fingerprint density at radius 3 is 2.81 bits per heavy atom. The number of hydrogen-bond donors (Lipinski definition) is 2. The van der Waals surface area contributed by atoms with Crippen molar-refractivity contribution in [1.82, 2.24) is 14.9 Å². The number of piperazine rings is 1. The first-order chi connectivity index (χ1) is 9.87. The van der Waals surface area contributed by atoms with Crippen molar-refractivity contribution in [3.63, 3.8) is 0 Å². The van der Waals surface area contributed by atoms with Crippen molar-refractivity contribution in [2.24, 2.45) is 0 Å². The molecule has 1 amide bonds. The van der Waals surface area contributed by atoms with E-state index in [2.05, 4.69) is 10.6 Å². The number of likely N-dealkylation sites (N-methyl/N-ethyl adjacent to an activating group) is 1. The molecule has 0 aromatic heterocycles. The highest BCUT2D eigenvalue weighted by molar-refractivity contribution is 7.89. The van der Waals surface area contributed by atoms with Crippen LogP contribution in [0.25, 0.3) is 0 Å². The second-order valence-electron chi connectivity index (χ2n) is 4.52. The van der Waals surface area contributed by atoms with E-state index in [1.54, 1.807) is 0 Å². The summed E-state index contributed by atoms with van der Waals surface area (Å²) < 4.78 is 52.9.